The molecule has 0 bridgehead atoms. The first-order valence-electron chi connectivity index (χ1n) is 10.3. The lowest BCUT2D eigenvalue weighted by atomic mass is 9.97. The van der Waals surface area contributed by atoms with Crippen LogP contribution in [0.25, 0.3) is 0 Å². The predicted molar refractivity (Wildman–Crippen MR) is 109 cm³/mol. The number of hydrogen-bond donors (Lipinski definition) is 1. The lowest BCUT2D eigenvalue weighted by Crippen LogP contribution is -2.46. The smallest absolute Gasteiger partial charge is 0.255 e. The van der Waals surface area contributed by atoms with Crippen LogP contribution in [0.5, 0.6) is 0 Å². The average Bonchev–Trinajstić information content (AvgIpc) is 3.23. The summed E-state index contributed by atoms with van der Waals surface area (Å²) in [5, 5.41) is 9.18. The molecule has 2 saturated heterocycles. The van der Waals surface area contributed by atoms with Crippen molar-refractivity contribution in [1.29, 1.82) is 0 Å². The van der Waals surface area contributed by atoms with Gasteiger partial charge in [0.15, 0.2) is 0 Å². The number of carbonyl (C=O) groups is 1. The highest BCUT2D eigenvalue weighted by molar-refractivity contribution is 5.93. The quantitative estimate of drug-likeness (QED) is 0.868. The molecule has 2 fully saturated rings. The molecular weight excluding hydrogens is 350 g/mol. The Morgan fingerprint density at radius 1 is 1.04 bits per heavy atom. The zero-order valence-electron chi connectivity index (χ0n) is 16.3. The molecule has 0 radical (unpaired) electrons. The Morgan fingerprint density at radius 2 is 1.79 bits per heavy atom. The van der Waals surface area contributed by atoms with Gasteiger partial charge in [0.1, 0.15) is 0 Å². The van der Waals surface area contributed by atoms with E-state index in [1.54, 1.807) is 12.4 Å². The summed E-state index contributed by atoms with van der Waals surface area (Å²) in [5.74, 6) is 0.812. The highest BCUT2D eigenvalue weighted by Gasteiger charge is 2.32. The van der Waals surface area contributed by atoms with Gasteiger partial charge in [0, 0.05) is 38.1 Å². The van der Waals surface area contributed by atoms with Gasteiger partial charge in [0.25, 0.3) is 5.91 Å². The van der Waals surface area contributed by atoms with E-state index in [-0.39, 0.29) is 12.5 Å². The monoisotopic (exact) mass is 379 g/mol. The molecule has 148 valence electrons. The van der Waals surface area contributed by atoms with Gasteiger partial charge in [0.05, 0.1) is 12.2 Å². The van der Waals surface area contributed by atoms with E-state index in [0.29, 0.717) is 17.5 Å². The minimum atomic E-state index is 0.108. The molecule has 1 aromatic heterocycles. The Hall–Kier alpha value is -2.24. The van der Waals surface area contributed by atoms with Gasteiger partial charge in [-0.3, -0.25) is 14.7 Å². The molecule has 2 aliphatic rings. The Kier molecular flexibility index (Phi) is 6.03. The molecule has 1 amide bonds. The Balaban J connectivity index is 1.26. The Labute approximate surface area is 167 Å². The summed E-state index contributed by atoms with van der Waals surface area (Å²) in [6, 6.07) is 12.6. The summed E-state index contributed by atoms with van der Waals surface area (Å²) in [6.45, 7) is 4.10. The van der Waals surface area contributed by atoms with Gasteiger partial charge in [-0.1, -0.05) is 24.3 Å². The highest BCUT2D eigenvalue weighted by atomic mass is 16.3. The maximum absolute atomic E-state index is 12.6. The summed E-state index contributed by atoms with van der Waals surface area (Å²) < 4.78 is 0. The number of rotatable bonds is 5. The number of carbonyl (C=O) groups excluding carboxylic acids is 1. The Bertz CT molecular complexity index is 770. The lowest BCUT2D eigenvalue weighted by Gasteiger charge is -2.36. The van der Waals surface area contributed by atoms with Crippen LogP contribution >= 0.6 is 0 Å². The second-order valence-corrected chi connectivity index (χ2v) is 8.09. The van der Waals surface area contributed by atoms with Gasteiger partial charge in [-0.2, -0.15) is 0 Å². The molecule has 5 heteroatoms. The molecular formula is C23H29N3O2. The van der Waals surface area contributed by atoms with Crippen molar-refractivity contribution in [2.45, 2.75) is 38.3 Å². The van der Waals surface area contributed by atoms with E-state index in [0.717, 1.165) is 44.5 Å². The molecule has 0 unspecified atom stereocenters. The molecule has 3 heterocycles. The second kappa shape index (κ2) is 8.84. The summed E-state index contributed by atoms with van der Waals surface area (Å²) in [5.41, 5.74) is 3.03. The van der Waals surface area contributed by atoms with Crippen LogP contribution in [0.2, 0.25) is 0 Å². The zero-order valence-corrected chi connectivity index (χ0v) is 16.3. The predicted octanol–water partition coefficient (Wildman–Crippen LogP) is 2.74. The first kappa shape index (κ1) is 19.1. The number of amides is 1. The topological polar surface area (TPSA) is 56.7 Å². The summed E-state index contributed by atoms with van der Waals surface area (Å²) in [4.78, 5) is 21.3. The number of piperidine rings is 1. The number of aliphatic hydroxyl groups excluding tert-OH is 1. The lowest BCUT2D eigenvalue weighted by molar-refractivity contribution is 0.0640. The molecule has 4 rings (SSSR count). The average molecular weight is 380 g/mol. The number of aromatic nitrogens is 1. The largest absolute Gasteiger partial charge is 0.392 e. The molecule has 2 aromatic rings. The first-order chi connectivity index (χ1) is 13.7. The standard InChI is InChI=1S/C23H29N3O2/c27-17-19-5-3-18(4-6-19)14-20-7-11-26(16-20)22-8-12-25(13-9-22)23(28)21-2-1-10-24-15-21/h1-6,10,15,20,22,27H,7-9,11-14,16-17H2/t20-/m0/s1. The molecule has 28 heavy (non-hydrogen) atoms. The number of pyridine rings is 1. The molecule has 1 atom stereocenters. The van der Waals surface area contributed by atoms with Gasteiger partial charge >= 0.3 is 0 Å². The third-order valence-corrected chi connectivity index (χ3v) is 6.22. The molecule has 1 N–H and O–H groups in total. The molecule has 2 aliphatic heterocycles. The van der Waals surface area contributed by atoms with Crippen LogP contribution in [0, 0.1) is 5.92 Å². The van der Waals surface area contributed by atoms with Crippen LogP contribution in [0.4, 0.5) is 0 Å². The number of aliphatic hydroxyl groups is 1. The van der Waals surface area contributed by atoms with Gasteiger partial charge in [0.2, 0.25) is 0 Å². The fraction of sp³-hybridized carbons (Fsp3) is 0.478. The minimum absolute atomic E-state index is 0.108. The van der Waals surface area contributed by atoms with Gasteiger partial charge < -0.3 is 10.0 Å². The van der Waals surface area contributed by atoms with Crippen LogP contribution in [0.1, 0.15) is 40.7 Å². The van der Waals surface area contributed by atoms with Crippen molar-refractivity contribution in [2.75, 3.05) is 26.2 Å². The first-order valence-corrected chi connectivity index (χ1v) is 10.3. The van der Waals surface area contributed by atoms with Gasteiger partial charge in [-0.15, -0.1) is 0 Å². The third-order valence-electron chi connectivity index (χ3n) is 6.22. The van der Waals surface area contributed by atoms with Crippen LogP contribution in [-0.4, -0.2) is 58.0 Å². The number of likely N-dealkylation sites (tertiary alicyclic amines) is 2. The van der Waals surface area contributed by atoms with Crippen molar-refractivity contribution in [3.63, 3.8) is 0 Å². The SMILES string of the molecule is O=C(c1cccnc1)N1CCC(N2CC[C@@H](Cc3ccc(CO)cc3)C2)CC1. The van der Waals surface area contributed by atoms with Crippen LogP contribution < -0.4 is 0 Å². The van der Waals surface area contributed by atoms with Crippen molar-refractivity contribution < 1.29 is 9.90 Å². The van der Waals surface area contributed by atoms with Crippen molar-refractivity contribution in [3.05, 3.63) is 65.5 Å². The number of nitrogens with zero attached hydrogens (tertiary/aromatic N) is 3. The van der Waals surface area contributed by atoms with Crippen molar-refractivity contribution in [3.8, 4) is 0 Å². The van der Waals surface area contributed by atoms with E-state index in [9.17, 15) is 9.90 Å². The van der Waals surface area contributed by atoms with Gasteiger partial charge in [-0.05, 0) is 61.4 Å². The maximum atomic E-state index is 12.6. The third kappa shape index (κ3) is 4.42. The van der Waals surface area contributed by atoms with E-state index in [4.69, 9.17) is 0 Å². The molecule has 5 nitrogen and oxygen atoms in total. The normalized spacial score (nSPS) is 21.2. The van der Waals surface area contributed by atoms with E-state index < -0.39 is 0 Å². The maximum Gasteiger partial charge on any atom is 0.255 e. The van der Waals surface area contributed by atoms with Crippen LogP contribution in [0.15, 0.2) is 48.8 Å². The number of benzene rings is 1. The minimum Gasteiger partial charge on any atom is -0.392 e. The zero-order chi connectivity index (χ0) is 19.3. The van der Waals surface area contributed by atoms with Gasteiger partial charge in [-0.25, -0.2) is 0 Å². The molecule has 0 saturated carbocycles. The van der Waals surface area contributed by atoms with Crippen molar-refractivity contribution >= 4 is 5.91 Å². The Morgan fingerprint density at radius 3 is 2.46 bits per heavy atom. The molecule has 0 spiro atoms. The summed E-state index contributed by atoms with van der Waals surface area (Å²) in [7, 11) is 0. The van der Waals surface area contributed by atoms with Crippen LogP contribution in [-0.2, 0) is 13.0 Å². The molecule has 1 aromatic carbocycles. The van der Waals surface area contributed by atoms with Crippen LogP contribution in [0.3, 0.4) is 0 Å². The highest BCUT2D eigenvalue weighted by Crippen LogP contribution is 2.27. The fourth-order valence-electron chi connectivity index (χ4n) is 4.58. The summed E-state index contributed by atoms with van der Waals surface area (Å²) in [6.07, 6.45) is 7.84. The van der Waals surface area contributed by atoms with Crippen molar-refractivity contribution in [1.82, 2.24) is 14.8 Å². The summed E-state index contributed by atoms with van der Waals surface area (Å²) >= 11 is 0. The van der Waals surface area contributed by atoms with Crippen molar-refractivity contribution in [2.24, 2.45) is 5.92 Å². The van der Waals surface area contributed by atoms with E-state index in [1.165, 1.54) is 18.5 Å². The van der Waals surface area contributed by atoms with E-state index >= 15 is 0 Å². The fourth-order valence-corrected chi connectivity index (χ4v) is 4.58. The molecule has 0 aliphatic carbocycles. The van der Waals surface area contributed by atoms with E-state index in [2.05, 4.69) is 22.0 Å². The van der Waals surface area contributed by atoms with E-state index in [1.807, 2.05) is 29.2 Å². The second-order valence-electron chi connectivity index (χ2n) is 8.09. The number of hydrogen-bond acceptors (Lipinski definition) is 4.